The third-order valence-corrected chi connectivity index (χ3v) is 4.83. The average molecular weight is 463 g/mol. The Balaban J connectivity index is 2.40. The van der Waals surface area contributed by atoms with E-state index in [0.717, 1.165) is 16.7 Å². The topological polar surface area (TPSA) is 125 Å². The Morgan fingerprint density at radius 3 is 2.65 bits per heavy atom. The van der Waals surface area contributed by atoms with E-state index in [1.165, 1.54) is 7.11 Å². The number of aliphatic imine (C=N–C) groups is 1. The number of carbonyl (C=O) groups is 2. The fourth-order valence-electron chi connectivity index (χ4n) is 3.16. The van der Waals surface area contributed by atoms with Crippen molar-refractivity contribution in [3.8, 4) is 6.07 Å². The smallest absolute Gasteiger partial charge is 0.330 e. The van der Waals surface area contributed by atoms with Gasteiger partial charge in [-0.2, -0.15) is 5.26 Å². The summed E-state index contributed by atoms with van der Waals surface area (Å²) in [5.41, 5.74) is 3.34. The zero-order valence-electron chi connectivity index (χ0n) is 19.7. The quantitative estimate of drug-likeness (QED) is 0.217. The number of methoxy groups -OCH3 is 1. The first kappa shape index (κ1) is 26.3. The number of esters is 1. The van der Waals surface area contributed by atoms with Crippen LogP contribution in [0.3, 0.4) is 0 Å². The number of ether oxygens (including phenoxy) is 1. The summed E-state index contributed by atoms with van der Waals surface area (Å²) in [7, 11) is 1.24. The molecular weight excluding hydrogens is 432 g/mol. The molecule has 0 amide bonds. The molecule has 0 aliphatic heterocycles. The highest BCUT2D eigenvalue weighted by molar-refractivity contribution is 6.10. The van der Waals surface area contributed by atoms with E-state index in [2.05, 4.69) is 15.3 Å². The zero-order chi connectivity index (χ0) is 24.9. The summed E-state index contributed by atoms with van der Waals surface area (Å²) in [4.78, 5) is 31.7. The van der Waals surface area contributed by atoms with Gasteiger partial charge in [-0.05, 0) is 48.1 Å². The number of nitrogens with zero attached hydrogens (tertiary/aromatic N) is 3. The van der Waals surface area contributed by atoms with Crippen molar-refractivity contribution < 1.29 is 19.4 Å². The van der Waals surface area contributed by atoms with E-state index < -0.39 is 17.9 Å². The number of amidine groups is 1. The molecule has 1 aromatic heterocycles. The van der Waals surface area contributed by atoms with Gasteiger partial charge in [0, 0.05) is 36.6 Å². The summed E-state index contributed by atoms with van der Waals surface area (Å²) in [6.07, 6.45) is 6.65. The highest BCUT2D eigenvalue weighted by atomic mass is 16.5. The molecule has 0 spiro atoms. The lowest BCUT2D eigenvalue weighted by Gasteiger charge is -2.16. The van der Waals surface area contributed by atoms with Crippen LogP contribution in [0.2, 0.25) is 0 Å². The first-order valence-corrected chi connectivity index (χ1v) is 11.1. The number of hydrogen-bond donors (Lipinski definition) is 2. The summed E-state index contributed by atoms with van der Waals surface area (Å²) in [5.74, 6) is -2.20. The van der Waals surface area contributed by atoms with Crippen LogP contribution in [0.4, 0.5) is 5.69 Å². The van der Waals surface area contributed by atoms with Gasteiger partial charge in [-0.25, -0.2) is 0 Å². The normalized spacial score (nSPS) is 12.7. The van der Waals surface area contributed by atoms with Gasteiger partial charge >= 0.3 is 11.9 Å². The van der Waals surface area contributed by atoms with E-state index in [1.807, 2.05) is 62.4 Å². The second-order valence-corrected chi connectivity index (χ2v) is 8.06. The highest BCUT2D eigenvalue weighted by Crippen LogP contribution is 2.26. The molecule has 1 aromatic carbocycles. The minimum Gasteiger partial charge on any atom is -0.481 e. The van der Waals surface area contributed by atoms with Crippen LogP contribution in [0.15, 0.2) is 59.9 Å². The third-order valence-electron chi connectivity index (χ3n) is 4.83. The third kappa shape index (κ3) is 8.17. The molecule has 0 radical (unpaired) electrons. The lowest BCUT2D eigenvalue weighted by Crippen LogP contribution is -2.30. The van der Waals surface area contributed by atoms with Gasteiger partial charge in [-0.1, -0.05) is 38.1 Å². The van der Waals surface area contributed by atoms with E-state index in [9.17, 15) is 14.9 Å². The molecule has 2 aromatic rings. The average Bonchev–Trinajstić information content (AvgIpc) is 2.83. The molecule has 178 valence electrons. The Labute approximate surface area is 200 Å². The van der Waals surface area contributed by atoms with Crippen LogP contribution in [-0.4, -0.2) is 41.5 Å². The molecule has 1 unspecified atom stereocenters. The molecule has 0 aliphatic rings. The predicted molar refractivity (Wildman–Crippen MR) is 131 cm³/mol. The molecule has 1 atom stereocenters. The zero-order valence-corrected chi connectivity index (χ0v) is 19.7. The molecule has 8 nitrogen and oxygen atoms in total. The number of allylic oxidation sites excluding steroid dienone is 1. The molecule has 2 rings (SSSR count). The van der Waals surface area contributed by atoms with Gasteiger partial charge in [0.05, 0.1) is 13.2 Å². The highest BCUT2D eigenvalue weighted by Gasteiger charge is 2.25. The summed E-state index contributed by atoms with van der Waals surface area (Å²) >= 11 is 0. The number of rotatable bonds is 11. The largest absolute Gasteiger partial charge is 0.481 e. The lowest BCUT2D eigenvalue weighted by atomic mass is 9.97. The Bertz CT molecular complexity index is 1070. The first-order chi connectivity index (χ1) is 16.3. The number of aliphatic carboxylic acids is 1. The van der Waals surface area contributed by atoms with Crippen molar-refractivity contribution in [3.63, 3.8) is 0 Å². The maximum absolute atomic E-state index is 12.2. The number of aromatic nitrogens is 1. The molecule has 0 aliphatic carbocycles. The molecule has 34 heavy (non-hydrogen) atoms. The maximum atomic E-state index is 12.2. The van der Waals surface area contributed by atoms with Gasteiger partial charge in [0.15, 0.2) is 0 Å². The van der Waals surface area contributed by atoms with Crippen LogP contribution in [-0.2, 0) is 14.3 Å². The minimum atomic E-state index is -1.17. The molecule has 0 saturated carbocycles. The van der Waals surface area contributed by atoms with Crippen LogP contribution >= 0.6 is 0 Å². The van der Waals surface area contributed by atoms with E-state index in [4.69, 9.17) is 9.84 Å². The van der Waals surface area contributed by atoms with Crippen molar-refractivity contribution in [2.75, 3.05) is 19.0 Å². The van der Waals surface area contributed by atoms with Crippen molar-refractivity contribution >= 4 is 29.0 Å². The number of pyridine rings is 1. The van der Waals surface area contributed by atoms with Crippen LogP contribution in [0.1, 0.15) is 44.2 Å². The molecular formula is C26H30N4O4. The summed E-state index contributed by atoms with van der Waals surface area (Å²) in [6.45, 7) is 4.44. The molecule has 8 heteroatoms. The summed E-state index contributed by atoms with van der Waals surface area (Å²) < 4.78 is 4.78. The number of carbonyl (C=O) groups excluding carboxylic acids is 1. The Kier molecular flexibility index (Phi) is 10.5. The molecule has 0 saturated heterocycles. The second-order valence-electron chi connectivity index (χ2n) is 8.06. The van der Waals surface area contributed by atoms with Crippen molar-refractivity contribution in [1.29, 1.82) is 5.26 Å². The molecule has 0 bridgehead atoms. The fourth-order valence-corrected chi connectivity index (χ4v) is 3.16. The number of nitrogens with one attached hydrogen (secondary N) is 1. The number of carboxylic acid groups (broad SMARTS) is 1. The monoisotopic (exact) mass is 462 g/mol. The van der Waals surface area contributed by atoms with Gasteiger partial charge in [0.25, 0.3) is 0 Å². The van der Waals surface area contributed by atoms with Gasteiger partial charge in [-0.3, -0.25) is 19.6 Å². The predicted octanol–water partition coefficient (Wildman–Crippen LogP) is 4.55. The first-order valence-electron chi connectivity index (χ1n) is 11.1. The van der Waals surface area contributed by atoms with Crippen molar-refractivity contribution in [2.45, 2.75) is 33.1 Å². The van der Waals surface area contributed by atoms with Gasteiger partial charge in [-0.15, -0.1) is 0 Å². The summed E-state index contributed by atoms with van der Waals surface area (Å²) in [5, 5.41) is 21.6. The van der Waals surface area contributed by atoms with E-state index in [0.29, 0.717) is 25.1 Å². The van der Waals surface area contributed by atoms with E-state index >= 15 is 0 Å². The Hall–Kier alpha value is -3.99. The molecule has 0 fully saturated rings. The van der Waals surface area contributed by atoms with Crippen LogP contribution < -0.4 is 5.32 Å². The number of benzene rings is 1. The summed E-state index contributed by atoms with van der Waals surface area (Å²) in [6, 6.07) is 13.3. The lowest BCUT2D eigenvalue weighted by molar-refractivity contribution is -0.141. The maximum Gasteiger partial charge on any atom is 0.330 e. The van der Waals surface area contributed by atoms with Crippen LogP contribution in [0, 0.1) is 23.2 Å². The number of hydrogen-bond acceptors (Lipinski definition) is 6. The standard InChI is InChI=1S/C26H30N4O4/c1-18(2)16-29-25(23(15-27)26(33)34-3)30-21-10-6-8-19(14-21)22(11-4-5-12-24(31)32)20-9-7-13-28-17-20/h6-11,13-14,17-18,23H,4-5,12,16H2,1-3H3,(H,29,30)(H,31,32)/b22-11+. The second kappa shape index (κ2) is 13.5. The number of unbranched alkanes of at least 4 members (excludes halogenated alkanes) is 1. The van der Waals surface area contributed by atoms with Crippen LogP contribution in [0.25, 0.3) is 5.57 Å². The van der Waals surface area contributed by atoms with Crippen molar-refractivity contribution in [1.82, 2.24) is 4.98 Å². The van der Waals surface area contributed by atoms with E-state index in [1.54, 1.807) is 12.4 Å². The van der Waals surface area contributed by atoms with Crippen molar-refractivity contribution in [2.24, 2.45) is 16.8 Å². The number of carboxylic acids is 1. The van der Waals surface area contributed by atoms with Gasteiger partial charge in [0.1, 0.15) is 5.84 Å². The minimum absolute atomic E-state index is 0.0944. The Morgan fingerprint density at radius 1 is 1.26 bits per heavy atom. The van der Waals surface area contributed by atoms with E-state index in [-0.39, 0.29) is 18.2 Å². The number of nitriles is 1. The number of anilines is 1. The SMILES string of the molecule is COC(=O)C(C#N)C(=NCC(C)C)Nc1cccc(/C(=C\CCCC(=O)O)c2cccnc2)c1. The van der Waals surface area contributed by atoms with Crippen molar-refractivity contribution in [3.05, 3.63) is 66.0 Å². The molecule has 1 heterocycles. The van der Waals surface area contributed by atoms with Crippen LogP contribution in [0.5, 0.6) is 0 Å². The Morgan fingerprint density at radius 2 is 2.03 bits per heavy atom. The van der Waals surface area contributed by atoms with Gasteiger partial charge in [0.2, 0.25) is 5.92 Å². The fraction of sp³-hybridized carbons (Fsp3) is 0.346. The molecule has 2 N–H and O–H groups in total. The van der Waals surface area contributed by atoms with Gasteiger partial charge < -0.3 is 15.2 Å².